The highest BCUT2D eigenvalue weighted by molar-refractivity contribution is 5.96. The normalized spacial score (nSPS) is 11.1. The number of aromatic nitrogens is 2. The molecule has 0 aliphatic rings. The van der Waals surface area contributed by atoms with E-state index in [4.69, 9.17) is 13.7 Å². The van der Waals surface area contributed by atoms with Gasteiger partial charge in [0.25, 0.3) is 0 Å². The van der Waals surface area contributed by atoms with Gasteiger partial charge in [0.15, 0.2) is 5.76 Å². The molecule has 0 saturated carbocycles. The number of rotatable bonds is 4. The highest BCUT2D eigenvalue weighted by atomic mass is 16.5. The summed E-state index contributed by atoms with van der Waals surface area (Å²) in [7, 11) is 0. The number of nitrogens with one attached hydrogen (secondary N) is 1. The predicted octanol–water partition coefficient (Wildman–Crippen LogP) is 4.39. The smallest absolute Gasteiger partial charge is 0.338 e. The summed E-state index contributed by atoms with van der Waals surface area (Å²) in [4.78, 5) is 15.6. The van der Waals surface area contributed by atoms with Gasteiger partial charge in [0, 0.05) is 22.7 Å². The first-order valence-electron chi connectivity index (χ1n) is 7.87. The maximum atomic E-state index is 12.3. The minimum absolute atomic E-state index is 0.0340. The van der Waals surface area contributed by atoms with Crippen molar-refractivity contribution in [2.75, 3.05) is 0 Å². The van der Waals surface area contributed by atoms with Crippen LogP contribution in [0.1, 0.15) is 27.3 Å². The van der Waals surface area contributed by atoms with Crippen molar-refractivity contribution in [1.29, 1.82) is 0 Å². The van der Waals surface area contributed by atoms with E-state index in [0.717, 1.165) is 22.2 Å². The summed E-state index contributed by atoms with van der Waals surface area (Å²) in [6, 6.07) is 10.7. The number of aromatic amines is 1. The number of aryl methyl sites for hydroxylation is 2. The second-order valence-electron chi connectivity index (χ2n) is 5.87. The molecule has 0 fully saturated rings. The summed E-state index contributed by atoms with van der Waals surface area (Å²) < 4.78 is 15.8. The van der Waals surface area contributed by atoms with Crippen LogP contribution in [0.5, 0.6) is 0 Å². The minimum atomic E-state index is -0.400. The fourth-order valence-electron chi connectivity index (χ4n) is 2.73. The first kappa shape index (κ1) is 15.3. The van der Waals surface area contributed by atoms with E-state index in [0.29, 0.717) is 22.8 Å². The first-order chi connectivity index (χ1) is 12.1. The zero-order valence-electron chi connectivity index (χ0n) is 13.8. The van der Waals surface area contributed by atoms with E-state index in [9.17, 15) is 4.79 Å². The van der Waals surface area contributed by atoms with Gasteiger partial charge in [-0.2, -0.15) is 0 Å². The monoisotopic (exact) mass is 336 g/mol. The molecule has 3 aromatic heterocycles. The summed E-state index contributed by atoms with van der Waals surface area (Å²) in [6.45, 7) is 4.07. The Labute approximate surface area is 143 Å². The Bertz CT molecular complexity index is 1040. The van der Waals surface area contributed by atoms with Gasteiger partial charge in [-0.25, -0.2) is 4.79 Å². The van der Waals surface area contributed by atoms with Crippen molar-refractivity contribution in [1.82, 2.24) is 10.1 Å². The molecule has 1 N–H and O–H groups in total. The predicted molar refractivity (Wildman–Crippen MR) is 91.1 cm³/mol. The van der Waals surface area contributed by atoms with Crippen LogP contribution >= 0.6 is 0 Å². The topological polar surface area (TPSA) is 81.3 Å². The number of carbonyl (C=O) groups is 1. The van der Waals surface area contributed by atoms with Crippen LogP contribution in [-0.2, 0) is 11.3 Å². The third kappa shape index (κ3) is 2.82. The van der Waals surface area contributed by atoms with Crippen LogP contribution in [0, 0.1) is 13.8 Å². The molecule has 6 nitrogen and oxygen atoms in total. The number of furan rings is 1. The average molecular weight is 336 g/mol. The van der Waals surface area contributed by atoms with Crippen molar-refractivity contribution in [2.45, 2.75) is 20.5 Å². The Balaban J connectivity index is 1.48. The molecule has 6 heteroatoms. The molecule has 126 valence electrons. The number of esters is 1. The lowest BCUT2D eigenvalue weighted by Crippen LogP contribution is -2.05. The Morgan fingerprint density at radius 2 is 2.08 bits per heavy atom. The van der Waals surface area contributed by atoms with Crippen LogP contribution in [0.4, 0.5) is 0 Å². The second kappa shape index (κ2) is 5.98. The molecule has 0 saturated heterocycles. The molecule has 25 heavy (non-hydrogen) atoms. The van der Waals surface area contributed by atoms with E-state index in [1.165, 1.54) is 0 Å². The molecule has 0 radical (unpaired) electrons. The van der Waals surface area contributed by atoms with Crippen molar-refractivity contribution in [3.8, 4) is 11.5 Å². The lowest BCUT2D eigenvalue weighted by Gasteiger charge is -2.03. The number of ether oxygens (including phenoxy) is 1. The van der Waals surface area contributed by atoms with Gasteiger partial charge in [-0.1, -0.05) is 5.16 Å². The number of benzene rings is 1. The Morgan fingerprint density at radius 1 is 1.20 bits per heavy atom. The van der Waals surface area contributed by atoms with Crippen molar-refractivity contribution < 1.29 is 18.5 Å². The standard InChI is InChI=1S/C19H16N2O4/c1-11-12(2)20-16-6-5-13(8-15(11)16)19(22)24-10-14-9-18(25-21-14)17-4-3-7-23-17/h3-9,20H,10H2,1-2H3. The quantitative estimate of drug-likeness (QED) is 0.559. The van der Waals surface area contributed by atoms with Crippen molar-refractivity contribution >= 4 is 16.9 Å². The molecular formula is C19H16N2O4. The van der Waals surface area contributed by atoms with E-state index >= 15 is 0 Å². The van der Waals surface area contributed by atoms with Crippen LogP contribution in [0.3, 0.4) is 0 Å². The maximum Gasteiger partial charge on any atom is 0.338 e. The molecule has 3 heterocycles. The SMILES string of the molecule is Cc1[nH]c2ccc(C(=O)OCc3cc(-c4ccco4)on3)cc2c1C. The van der Waals surface area contributed by atoms with E-state index in [1.54, 1.807) is 30.5 Å². The van der Waals surface area contributed by atoms with E-state index < -0.39 is 5.97 Å². The summed E-state index contributed by atoms with van der Waals surface area (Å²) in [5.41, 5.74) is 4.25. The van der Waals surface area contributed by atoms with Gasteiger partial charge in [-0.05, 0) is 49.7 Å². The highest BCUT2D eigenvalue weighted by Gasteiger charge is 2.14. The zero-order chi connectivity index (χ0) is 17.4. The molecule has 0 spiro atoms. The largest absolute Gasteiger partial charge is 0.461 e. The number of hydrogen-bond donors (Lipinski definition) is 1. The average Bonchev–Trinajstić information content (AvgIpc) is 3.34. The van der Waals surface area contributed by atoms with Gasteiger partial charge in [0.1, 0.15) is 12.3 Å². The number of hydrogen-bond acceptors (Lipinski definition) is 5. The lowest BCUT2D eigenvalue weighted by molar-refractivity contribution is 0.0464. The van der Waals surface area contributed by atoms with E-state index in [-0.39, 0.29) is 6.61 Å². The highest BCUT2D eigenvalue weighted by Crippen LogP contribution is 2.23. The third-order valence-electron chi connectivity index (χ3n) is 4.22. The first-order valence-corrected chi connectivity index (χ1v) is 7.87. The van der Waals surface area contributed by atoms with Gasteiger partial charge >= 0.3 is 5.97 Å². The number of fused-ring (bicyclic) bond motifs is 1. The maximum absolute atomic E-state index is 12.3. The Kier molecular flexibility index (Phi) is 3.65. The van der Waals surface area contributed by atoms with Gasteiger partial charge in [0.05, 0.1) is 11.8 Å². The van der Waals surface area contributed by atoms with Gasteiger partial charge in [-0.15, -0.1) is 0 Å². The van der Waals surface area contributed by atoms with E-state index in [1.807, 2.05) is 26.0 Å². The molecular weight excluding hydrogens is 320 g/mol. The minimum Gasteiger partial charge on any atom is -0.461 e. The van der Waals surface area contributed by atoms with Crippen LogP contribution in [-0.4, -0.2) is 16.1 Å². The van der Waals surface area contributed by atoms with Crippen molar-refractivity contribution in [3.05, 3.63) is 65.2 Å². The molecule has 4 aromatic rings. The van der Waals surface area contributed by atoms with Crippen LogP contribution in [0.25, 0.3) is 22.4 Å². The lowest BCUT2D eigenvalue weighted by atomic mass is 10.1. The molecule has 0 atom stereocenters. The summed E-state index contributed by atoms with van der Waals surface area (Å²) >= 11 is 0. The van der Waals surface area contributed by atoms with Crippen LogP contribution in [0.15, 0.2) is 51.6 Å². The summed E-state index contributed by atoms with van der Waals surface area (Å²) in [6.07, 6.45) is 1.55. The number of H-pyrrole nitrogens is 1. The molecule has 4 rings (SSSR count). The fourth-order valence-corrected chi connectivity index (χ4v) is 2.73. The molecule has 0 aliphatic carbocycles. The number of nitrogens with zero attached hydrogens (tertiary/aromatic N) is 1. The molecule has 1 aromatic carbocycles. The molecule has 0 unspecified atom stereocenters. The third-order valence-corrected chi connectivity index (χ3v) is 4.22. The second-order valence-corrected chi connectivity index (χ2v) is 5.87. The summed E-state index contributed by atoms with van der Waals surface area (Å²) in [5, 5.41) is 4.91. The van der Waals surface area contributed by atoms with Crippen LogP contribution in [0.2, 0.25) is 0 Å². The van der Waals surface area contributed by atoms with Crippen molar-refractivity contribution in [3.63, 3.8) is 0 Å². The fraction of sp³-hybridized carbons (Fsp3) is 0.158. The molecule has 0 aliphatic heterocycles. The van der Waals surface area contributed by atoms with Gasteiger partial charge < -0.3 is 18.7 Å². The van der Waals surface area contributed by atoms with Gasteiger partial charge in [0.2, 0.25) is 5.76 Å². The van der Waals surface area contributed by atoms with Gasteiger partial charge in [-0.3, -0.25) is 0 Å². The Hall–Kier alpha value is -3.28. The van der Waals surface area contributed by atoms with Crippen LogP contribution < -0.4 is 0 Å². The number of carbonyl (C=O) groups excluding carboxylic acids is 1. The van der Waals surface area contributed by atoms with Crippen molar-refractivity contribution in [2.24, 2.45) is 0 Å². The van der Waals surface area contributed by atoms with E-state index in [2.05, 4.69) is 10.1 Å². The summed E-state index contributed by atoms with van der Waals surface area (Å²) in [5.74, 6) is 0.674. The molecule has 0 bridgehead atoms. The Morgan fingerprint density at radius 3 is 2.88 bits per heavy atom. The molecule has 0 amide bonds. The zero-order valence-corrected chi connectivity index (χ0v) is 13.8.